The van der Waals surface area contributed by atoms with Crippen LogP contribution in [0.3, 0.4) is 0 Å². The zero-order valence-corrected chi connectivity index (χ0v) is 35.8. The highest BCUT2D eigenvalue weighted by atomic mass is 35.5. The van der Waals surface area contributed by atoms with E-state index >= 15 is 0 Å². The van der Waals surface area contributed by atoms with Gasteiger partial charge in [-0.25, -0.2) is 13.2 Å². The highest BCUT2D eigenvalue weighted by Gasteiger charge is 2.63. The standard InChI is InChI=1S/C43H56ClN5O9S/c1-5-15-56-35-21-32-31(11-8-12-33(32)44)38(45-35)57-30-20-34-37(50)47-43(40(52)48-59(54,55)42(4)13-14-42)22-28(43)10-7-6-9-24(2)16-25(3)36(39(51)49(34)23-30)46-41(53)58-29-18-26-17-27(26)19-29/h7-8,10-12,21,24-30,34,36H,5-6,9,13-20,22-23H2,1-4H3,(H,46,53)(H,47,50)(H,48,52)/b10-7-/t24-,25-,26+,27+,28-,30-,34+,36+,43-/m1/s1. The van der Waals surface area contributed by atoms with Gasteiger partial charge >= 0.3 is 6.09 Å². The van der Waals surface area contributed by atoms with E-state index < -0.39 is 68.2 Å². The van der Waals surface area contributed by atoms with E-state index in [1.54, 1.807) is 25.1 Å². The molecule has 3 heterocycles. The minimum atomic E-state index is -4.01. The van der Waals surface area contributed by atoms with Crippen LogP contribution in [0.1, 0.15) is 98.3 Å². The van der Waals surface area contributed by atoms with Crippen molar-refractivity contribution < 1.29 is 41.8 Å². The number of alkyl carbamates (subject to hydrolysis) is 1. The third-order valence-corrected chi connectivity index (χ3v) is 16.0. The molecular formula is C43H56ClN5O9S. The Morgan fingerprint density at radius 3 is 2.54 bits per heavy atom. The monoisotopic (exact) mass is 853 g/mol. The molecule has 6 aliphatic rings. The normalized spacial score (nSPS) is 33.3. The van der Waals surface area contributed by atoms with Crippen molar-refractivity contribution in [2.45, 2.75) is 133 Å². The molecule has 0 bridgehead atoms. The van der Waals surface area contributed by atoms with Crippen molar-refractivity contribution in [2.75, 3.05) is 13.2 Å². The zero-order valence-electron chi connectivity index (χ0n) is 34.2. The molecule has 4 aliphatic carbocycles. The fourth-order valence-corrected chi connectivity index (χ4v) is 10.9. The molecule has 0 radical (unpaired) electrons. The molecule has 1 aromatic carbocycles. The van der Waals surface area contributed by atoms with Crippen molar-refractivity contribution >= 4 is 56.2 Å². The van der Waals surface area contributed by atoms with Gasteiger partial charge < -0.3 is 29.7 Å². The number of hydrogen-bond donors (Lipinski definition) is 3. The number of carbonyl (C=O) groups is 4. The molecule has 4 amide bonds. The largest absolute Gasteiger partial charge is 0.478 e. The zero-order chi connectivity index (χ0) is 41.9. The van der Waals surface area contributed by atoms with Crippen molar-refractivity contribution in [3.63, 3.8) is 0 Å². The maximum absolute atomic E-state index is 15.0. The van der Waals surface area contributed by atoms with Crippen molar-refractivity contribution in [1.82, 2.24) is 25.2 Å². The summed E-state index contributed by atoms with van der Waals surface area (Å²) in [4.78, 5) is 63.3. The maximum Gasteiger partial charge on any atom is 0.408 e. The lowest BCUT2D eigenvalue weighted by Gasteiger charge is -2.33. The van der Waals surface area contributed by atoms with Crippen LogP contribution in [0.2, 0.25) is 5.02 Å². The van der Waals surface area contributed by atoms with Gasteiger partial charge in [0.25, 0.3) is 5.91 Å². The van der Waals surface area contributed by atoms with Gasteiger partial charge in [0.2, 0.25) is 33.6 Å². The van der Waals surface area contributed by atoms with E-state index in [9.17, 15) is 27.6 Å². The van der Waals surface area contributed by atoms with Gasteiger partial charge in [-0.3, -0.25) is 19.1 Å². The number of rotatable bonds is 10. The first kappa shape index (κ1) is 41.6. The predicted octanol–water partition coefficient (Wildman–Crippen LogP) is 5.80. The number of hydrogen-bond acceptors (Lipinski definition) is 10. The molecule has 9 atom stereocenters. The number of halogens is 1. The lowest BCUT2D eigenvalue weighted by molar-refractivity contribution is -0.142. The Morgan fingerprint density at radius 1 is 1.05 bits per heavy atom. The second-order valence-electron chi connectivity index (χ2n) is 18.3. The Labute approximate surface area is 350 Å². The van der Waals surface area contributed by atoms with Gasteiger partial charge in [-0.2, -0.15) is 4.98 Å². The quantitative estimate of drug-likeness (QED) is 0.247. The summed E-state index contributed by atoms with van der Waals surface area (Å²) in [6.45, 7) is 7.97. The van der Waals surface area contributed by atoms with Gasteiger partial charge in [0.1, 0.15) is 29.8 Å². The maximum atomic E-state index is 15.0. The van der Waals surface area contributed by atoms with E-state index in [0.717, 1.165) is 25.7 Å². The van der Waals surface area contributed by atoms with Gasteiger partial charge in [0, 0.05) is 34.2 Å². The number of nitrogens with zero attached hydrogens (tertiary/aromatic N) is 2. The smallest absolute Gasteiger partial charge is 0.408 e. The van der Waals surface area contributed by atoms with Crippen LogP contribution >= 0.6 is 11.6 Å². The van der Waals surface area contributed by atoms with E-state index in [1.165, 1.54) is 11.3 Å². The first-order chi connectivity index (χ1) is 28.1. The average molecular weight is 854 g/mol. The molecule has 1 aromatic heterocycles. The van der Waals surface area contributed by atoms with Crippen LogP contribution in [0.15, 0.2) is 36.4 Å². The minimum absolute atomic E-state index is 0.0166. The molecular weight excluding hydrogens is 798 g/mol. The Kier molecular flexibility index (Phi) is 11.3. The molecule has 2 aliphatic heterocycles. The number of fused-ring (bicyclic) bond motifs is 4. The van der Waals surface area contributed by atoms with Gasteiger partial charge in [-0.1, -0.05) is 50.6 Å². The molecule has 0 unspecified atom stereocenters. The minimum Gasteiger partial charge on any atom is -0.478 e. The number of aromatic nitrogens is 1. The molecule has 2 aromatic rings. The molecule has 5 fully saturated rings. The number of amides is 4. The van der Waals surface area contributed by atoms with Gasteiger partial charge in [-0.05, 0) is 107 Å². The van der Waals surface area contributed by atoms with E-state index in [2.05, 4.69) is 27.3 Å². The van der Waals surface area contributed by atoms with Gasteiger partial charge in [0.05, 0.1) is 17.9 Å². The molecule has 1 saturated heterocycles. The third-order valence-electron chi connectivity index (χ3n) is 13.5. The summed E-state index contributed by atoms with van der Waals surface area (Å²) in [7, 11) is -4.01. The molecule has 3 N–H and O–H groups in total. The van der Waals surface area contributed by atoms with Crippen molar-refractivity contribution in [1.29, 1.82) is 0 Å². The molecule has 320 valence electrons. The van der Waals surface area contributed by atoms with Gasteiger partial charge in [0.15, 0.2) is 0 Å². The van der Waals surface area contributed by atoms with E-state index in [0.29, 0.717) is 65.8 Å². The van der Waals surface area contributed by atoms with Crippen LogP contribution in [-0.2, 0) is 29.1 Å². The molecule has 14 nitrogen and oxygen atoms in total. The second kappa shape index (κ2) is 16.1. The van der Waals surface area contributed by atoms with Gasteiger partial charge in [-0.15, -0.1) is 0 Å². The summed E-state index contributed by atoms with van der Waals surface area (Å²) in [5, 5.41) is 7.59. The Hall–Kier alpha value is -4.11. The number of allylic oxidation sites excluding steroid dienone is 1. The molecule has 16 heteroatoms. The SMILES string of the molecule is CCCOc1cc2c(Cl)cccc2c(O[C@@H]2C[C@H]3C(=O)N[C@]4(C(=O)NS(=O)(=O)C5(C)CC5)C[C@H]4/C=C\CC[C@@H](C)C[C@@H](C)[C@H](NC(=O)OC4C[C@@H]5C[C@H]5C4)C(=O)N3C2)n1. The van der Waals surface area contributed by atoms with Crippen LogP contribution in [0.4, 0.5) is 4.79 Å². The van der Waals surface area contributed by atoms with Crippen LogP contribution in [0.5, 0.6) is 11.8 Å². The molecule has 4 saturated carbocycles. The predicted molar refractivity (Wildman–Crippen MR) is 220 cm³/mol. The Bertz CT molecular complexity index is 2140. The summed E-state index contributed by atoms with van der Waals surface area (Å²) in [5.41, 5.74) is -1.54. The number of nitrogens with one attached hydrogen (secondary N) is 3. The number of benzene rings is 1. The average Bonchev–Trinajstić information content (AvgIpc) is 4.14. The molecule has 59 heavy (non-hydrogen) atoms. The lowest BCUT2D eigenvalue weighted by atomic mass is 9.88. The number of carbonyl (C=O) groups excluding carboxylic acids is 4. The van der Waals surface area contributed by atoms with E-state index in [-0.39, 0.29) is 43.2 Å². The lowest BCUT2D eigenvalue weighted by Crippen LogP contribution is -2.59. The van der Waals surface area contributed by atoms with Crippen LogP contribution in [0, 0.1) is 29.6 Å². The Morgan fingerprint density at radius 2 is 1.81 bits per heavy atom. The fourth-order valence-electron chi connectivity index (χ4n) is 9.38. The first-order valence-electron chi connectivity index (χ1n) is 21.3. The van der Waals surface area contributed by atoms with Crippen LogP contribution in [-0.4, -0.2) is 89.8 Å². The van der Waals surface area contributed by atoms with E-state index in [4.69, 9.17) is 25.8 Å². The van der Waals surface area contributed by atoms with Crippen LogP contribution in [0.25, 0.3) is 10.8 Å². The number of sulfonamides is 1. The second-order valence-corrected chi connectivity index (χ2v) is 20.9. The summed E-state index contributed by atoms with van der Waals surface area (Å²) in [6.07, 6.45) is 8.93. The van der Waals surface area contributed by atoms with Crippen molar-refractivity contribution in [2.24, 2.45) is 29.6 Å². The summed E-state index contributed by atoms with van der Waals surface area (Å²) in [5.74, 6) is -0.826. The highest BCUT2D eigenvalue weighted by molar-refractivity contribution is 7.91. The molecule has 8 rings (SSSR count). The Balaban J connectivity index is 1.12. The fraction of sp³-hybridized carbons (Fsp3) is 0.651. The third kappa shape index (κ3) is 8.60. The van der Waals surface area contributed by atoms with Crippen molar-refractivity contribution in [3.05, 3.63) is 41.4 Å². The summed E-state index contributed by atoms with van der Waals surface area (Å²) >= 11 is 6.62. The molecule has 0 spiro atoms. The highest BCUT2D eigenvalue weighted by Crippen LogP contribution is 2.52. The first-order valence-corrected chi connectivity index (χ1v) is 23.2. The summed E-state index contributed by atoms with van der Waals surface area (Å²) in [6, 6.07) is 4.92. The number of ether oxygens (including phenoxy) is 3. The number of pyridine rings is 1. The topological polar surface area (TPSA) is 182 Å². The van der Waals surface area contributed by atoms with Crippen LogP contribution < -0.4 is 24.8 Å². The van der Waals surface area contributed by atoms with Crippen molar-refractivity contribution in [3.8, 4) is 11.8 Å². The van der Waals surface area contributed by atoms with E-state index in [1.807, 2.05) is 32.1 Å². The summed E-state index contributed by atoms with van der Waals surface area (Å²) < 4.78 is 46.1.